The van der Waals surface area contributed by atoms with Crippen LogP contribution in [0.4, 0.5) is 5.82 Å². The lowest BCUT2D eigenvalue weighted by atomic mass is 10.2. The molecule has 2 aromatic heterocycles. The number of carbonyl (C=O) groups excluding carboxylic acids is 1. The summed E-state index contributed by atoms with van der Waals surface area (Å²) in [5, 5.41) is 1.18. The molecule has 0 aromatic carbocycles. The fraction of sp³-hybridized carbons (Fsp3) is 0.650. The quantitative estimate of drug-likeness (QED) is 0.763. The lowest BCUT2D eigenvalue weighted by Crippen LogP contribution is -2.34. The number of rotatable bonds is 6. The Labute approximate surface area is 165 Å². The van der Waals surface area contributed by atoms with E-state index in [4.69, 9.17) is 9.97 Å². The third-order valence-corrected chi connectivity index (χ3v) is 6.96. The van der Waals surface area contributed by atoms with E-state index >= 15 is 0 Å². The maximum atomic E-state index is 11.9. The zero-order valence-corrected chi connectivity index (χ0v) is 17.4. The monoisotopic (exact) mass is 387 g/mol. The van der Waals surface area contributed by atoms with Gasteiger partial charge in [-0.3, -0.25) is 9.69 Å². The van der Waals surface area contributed by atoms with Crippen LogP contribution in [0.25, 0.3) is 10.2 Å². The Hall–Kier alpha value is -1.73. The molecule has 0 unspecified atom stereocenters. The van der Waals surface area contributed by atoms with Crippen LogP contribution in [-0.4, -0.2) is 65.4 Å². The van der Waals surface area contributed by atoms with Crippen molar-refractivity contribution in [2.75, 3.05) is 44.7 Å². The zero-order valence-electron chi connectivity index (χ0n) is 16.6. The molecule has 2 aliphatic heterocycles. The van der Waals surface area contributed by atoms with E-state index in [0.29, 0.717) is 6.42 Å². The number of likely N-dealkylation sites (N-methyl/N-ethyl adjacent to an activating group) is 1. The number of aromatic nitrogens is 2. The van der Waals surface area contributed by atoms with Crippen LogP contribution in [0.15, 0.2) is 0 Å². The molecule has 2 fully saturated rings. The highest BCUT2D eigenvalue weighted by Gasteiger charge is 2.22. The molecule has 4 heterocycles. The third kappa shape index (κ3) is 3.80. The molecule has 1 amide bonds. The summed E-state index contributed by atoms with van der Waals surface area (Å²) in [5.41, 5.74) is 1.28. The van der Waals surface area contributed by atoms with Crippen molar-refractivity contribution in [3.8, 4) is 0 Å². The third-order valence-electron chi connectivity index (χ3n) is 5.86. The van der Waals surface area contributed by atoms with Gasteiger partial charge in [-0.2, -0.15) is 0 Å². The number of aryl methyl sites for hydroxylation is 2. The maximum Gasteiger partial charge on any atom is 0.222 e. The van der Waals surface area contributed by atoms with Gasteiger partial charge in [0.05, 0.1) is 11.9 Å². The van der Waals surface area contributed by atoms with E-state index < -0.39 is 0 Å². The molecule has 0 N–H and O–H groups in total. The Kier molecular flexibility index (Phi) is 5.32. The average molecular weight is 388 g/mol. The van der Waals surface area contributed by atoms with Crippen LogP contribution in [-0.2, 0) is 11.3 Å². The first-order chi connectivity index (χ1) is 13.0. The van der Waals surface area contributed by atoms with Crippen molar-refractivity contribution in [3.05, 3.63) is 16.3 Å². The van der Waals surface area contributed by atoms with Crippen LogP contribution in [0.1, 0.15) is 41.9 Å². The van der Waals surface area contributed by atoms with E-state index in [1.54, 1.807) is 11.3 Å². The highest BCUT2D eigenvalue weighted by Crippen LogP contribution is 2.35. The summed E-state index contributed by atoms with van der Waals surface area (Å²) < 4.78 is 0. The van der Waals surface area contributed by atoms with Crippen molar-refractivity contribution in [1.82, 2.24) is 19.8 Å². The number of amides is 1. The Morgan fingerprint density at radius 3 is 2.59 bits per heavy atom. The summed E-state index contributed by atoms with van der Waals surface area (Å²) in [6.45, 7) is 9.91. The number of fused-ring (bicyclic) bond motifs is 1. The average Bonchev–Trinajstić information content (AvgIpc) is 3.35. The van der Waals surface area contributed by atoms with Crippen LogP contribution in [0, 0.1) is 13.8 Å². The highest BCUT2D eigenvalue weighted by molar-refractivity contribution is 7.18. The van der Waals surface area contributed by atoms with Gasteiger partial charge in [0.25, 0.3) is 0 Å². The Balaban J connectivity index is 1.60. The first-order valence-electron chi connectivity index (χ1n) is 10.0. The van der Waals surface area contributed by atoms with Gasteiger partial charge in [0.1, 0.15) is 16.5 Å². The van der Waals surface area contributed by atoms with E-state index in [1.807, 2.05) is 4.90 Å². The number of anilines is 1. The van der Waals surface area contributed by atoms with Crippen LogP contribution >= 0.6 is 11.3 Å². The number of hydrogen-bond donors (Lipinski definition) is 0. The van der Waals surface area contributed by atoms with Crippen LogP contribution < -0.4 is 4.90 Å². The molecule has 2 saturated heterocycles. The molecule has 4 rings (SSSR count). The summed E-state index contributed by atoms with van der Waals surface area (Å²) in [4.78, 5) is 30.8. The van der Waals surface area contributed by atoms with Gasteiger partial charge in [0, 0.05) is 38.0 Å². The van der Waals surface area contributed by atoms with Gasteiger partial charge in [0.15, 0.2) is 0 Å². The molecule has 0 radical (unpaired) electrons. The first kappa shape index (κ1) is 18.6. The predicted molar refractivity (Wildman–Crippen MR) is 110 cm³/mol. The zero-order chi connectivity index (χ0) is 19.0. The van der Waals surface area contributed by atoms with Crippen molar-refractivity contribution >= 4 is 33.3 Å². The number of likely N-dealkylation sites (tertiary alicyclic amines) is 2. The summed E-state index contributed by atoms with van der Waals surface area (Å²) >= 11 is 1.77. The van der Waals surface area contributed by atoms with E-state index in [1.165, 1.54) is 28.7 Å². The number of carbonyl (C=O) groups is 1. The minimum atomic E-state index is 0.286. The summed E-state index contributed by atoms with van der Waals surface area (Å²) in [5.74, 6) is 2.22. The van der Waals surface area contributed by atoms with Crippen molar-refractivity contribution in [2.24, 2.45) is 0 Å². The van der Waals surface area contributed by atoms with Gasteiger partial charge in [-0.25, -0.2) is 9.97 Å². The second-order valence-electron chi connectivity index (χ2n) is 7.82. The molecule has 0 atom stereocenters. The van der Waals surface area contributed by atoms with E-state index in [-0.39, 0.29) is 5.91 Å². The molecule has 0 bridgehead atoms. The van der Waals surface area contributed by atoms with Crippen LogP contribution in [0.5, 0.6) is 0 Å². The maximum absolute atomic E-state index is 11.9. The molecule has 146 valence electrons. The Morgan fingerprint density at radius 2 is 1.89 bits per heavy atom. The molecule has 0 spiro atoms. The largest absolute Gasteiger partial charge is 0.357 e. The molecular weight excluding hydrogens is 358 g/mol. The lowest BCUT2D eigenvalue weighted by Gasteiger charge is -2.24. The minimum Gasteiger partial charge on any atom is -0.357 e. The predicted octanol–water partition coefficient (Wildman–Crippen LogP) is 2.96. The van der Waals surface area contributed by atoms with Gasteiger partial charge < -0.3 is 9.80 Å². The molecule has 7 heteroatoms. The molecule has 6 nitrogen and oxygen atoms in total. The summed E-state index contributed by atoms with van der Waals surface area (Å²) in [7, 11) is 2.09. The molecule has 2 aromatic rings. The minimum absolute atomic E-state index is 0.286. The molecule has 2 aliphatic rings. The van der Waals surface area contributed by atoms with Gasteiger partial charge in [-0.1, -0.05) is 0 Å². The number of hydrogen-bond acceptors (Lipinski definition) is 6. The Bertz CT molecular complexity index is 842. The normalized spacial score (nSPS) is 18.2. The van der Waals surface area contributed by atoms with Crippen molar-refractivity contribution < 1.29 is 4.79 Å². The van der Waals surface area contributed by atoms with Gasteiger partial charge in [-0.15, -0.1) is 11.3 Å². The van der Waals surface area contributed by atoms with Crippen molar-refractivity contribution in [2.45, 2.75) is 46.1 Å². The van der Waals surface area contributed by atoms with E-state index in [0.717, 1.165) is 62.2 Å². The van der Waals surface area contributed by atoms with Gasteiger partial charge in [0.2, 0.25) is 5.91 Å². The topological polar surface area (TPSA) is 52.6 Å². The Morgan fingerprint density at radius 1 is 1.11 bits per heavy atom. The molecule has 0 aliphatic carbocycles. The molecule has 0 saturated carbocycles. The van der Waals surface area contributed by atoms with E-state index in [2.05, 4.69) is 30.7 Å². The molecular formula is C20H29N5OS. The van der Waals surface area contributed by atoms with Crippen LogP contribution in [0.2, 0.25) is 0 Å². The second-order valence-corrected chi connectivity index (χ2v) is 9.02. The smallest absolute Gasteiger partial charge is 0.222 e. The first-order valence-corrected chi connectivity index (χ1v) is 10.8. The van der Waals surface area contributed by atoms with Crippen LogP contribution in [0.3, 0.4) is 0 Å². The van der Waals surface area contributed by atoms with Crippen molar-refractivity contribution in [3.63, 3.8) is 0 Å². The summed E-state index contributed by atoms with van der Waals surface area (Å²) in [6, 6.07) is 0. The van der Waals surface area contributed by atoms with Gasteiger partial charge in [-0.05, 0) is 51.8 Å². The number of nitrogens with zero attached hydrogens (tertiary/aromatic N) is 5. The standard InChI is InChI=1S/C20H29N5OS/c1-14-15(2)27-20-18(14)19(21-16(22-20)13-24-8-4-5-9-24)23(3)11-12-25-10-6-7-17(25)26/h4-13H2,1-3H3. The fourth-order valence-corrected chi connectivity index (χ4v) is 5.12. The van der Waals surface area contributed by atoms with Crippen molar-refractivity contribution in [1.29, 1.82) is 0 Å². The number of thiophene rings is 1. The highest BCUT2D eigenvalue weighted by atomic mass is 32.1. The lowest BCUT2D eigenvalue weighted by molar-refractivity contribution is -0.127. The second kappa shape index (κ2) is 7.72. The SMILES string of the molecule is Cc1sc2nc(CN3CCCC3)nc(N(C)CCN3CCCC3=O)c2c1C. The molecule has 27 heavy (non-hydrogen) atoms. The summed E-state index contributed by atoms with van der Waals surface area (Å²) in [6.07, 6.45) is 4.24. The fourth-order valence-electron chi connectivity index (χ4n) is 4.08. The van der Waals surface area contributed by atoms with E-state index in [9.17, 15) is 4.79 Å². The van der Waals surface area contributed by atoms with Gasteiger partial charge >= 0.3 is 0 Å².